The number of pyridine rings is 1. The summed E-state index contributed by atoms with van der Waals surface area (Å²) in [5, 5.41) is 0. The van der Waals surface area contributed by atoms with Gasteiger partial charge in [-0.1, -0.05) is 29.8 Å². The third kappa shape index (κ3) is 2.19. The fourth-order valence-corrected chi connectivity index (χ4v) is 3.85. The van der Waals surface area contributed by atoms with Gasteiger partial charge < -0.3 is 0 Å². The summed E-state index contributed by atoms with van der Waals surface area (Å²) in [5.41, 5.74) is 11.4. The average Bonchev–Trinajstić information content (AvgIpc) is 2.95. The Labute approximate surface area is 148 Å². The number of aromatic nitrogens is 1. The Hall–Kier alpha value is -2.41. The first-order chi connectivity index (χ1) is 12.7. The molecule has 0 bridgehead atoms. The lowest BCUT2D eigenvalue weighted by atomic mass is 9.94. The van der Waals surface area contributed by atoms with Crippen LogP contribution < -0.4 is 4.57 Å². The standard InChI is InChI=1S/C23H24N/c1-14-6-7-20-18(10-14)12-22-17(4)19(8-9-21(20)22)23-11-15(2)16(3)13-24(23)5/h6-11,13H,12H2,1-5H3/q+1/i3D3. The van der Waals surface area contributed by atoms with E-state index in [4.69, 9.17) is 4.11 Å². The van der Waals surface area contributed by atoms with E-state index >= 15 is 0 Å². The van der Waals surface area contributed by atoms with Crippen LogP contribution in [0.3, 0.4) is 0 Å². The molecule has 0 atom stereocenters. The van der Waals surface area contributed by atoms with Crippen molar-refractivity contribution in [2.75, 3.05) is 0 Å². The second-order valence-corrected chi connectivity index (χ2v) is 6.97. The molecule has 0 amide bonds. The number of benzene rings is 2. The summed E-state index contributed by atoms with van der Waals surface area (Å²) in [7, 11) is 1.93. The lowest BCUT2D eigenvalue weighted by Gasteiger charge is -2.11. The molecule has 0 unspecified atom stereocenters. The molecular formula is C23H24N+. The van der Waals surface area contributed by atoms with E-state index in [2.05, 4.69) is 44.2 Å². The van der Waals surface area contributed by atoms with E-state index in [9.17, 15) is 0 Å². The highest BCUT2D eigenvalue weighted by molar-refractivity contribution is 5.82. The summed E-state index contributed by atoms with van der Waals surface area (Å²) in [4.78, 5) is 0. The predicted molar refractivity (Wildman–Crippen MR) is 100 cm³/mol. The third-order valence-electron chi connectivity index (χ3n) is 5.27. The van der Waals surface area contributed by atoms with Crippen LogP contribution in [0.5, 0.6) is 0 Å². The number of aryl methyl sites for hydroxylation is 4. The highest BCUT2D eigenvalue weighted by Gasteiger charge is 2.24. The number of hydrogen-bond acceptors (Lipinski definition) is 0. The van der Waals surface area contributed by atoms with Crippen LogP contribution in [-0.2, 0) is 13.5 Å². The van der Waals surface area contributed by atoms with E-state index in [1.165, 1.54) is 38.9 Å². The second-order valence-electron chi connectivity index (χ2n) is 6.97. The Morgan fingerprint density at radius 1 is 0.917 bits per heavy atom. The molecule has 120 valence electrons. The molecule has 1 aliphatic rings. The van der Waals surface area contributed by atoms with Crippen molar-refractivity contribution < 1.29 is 8.68 Å². The smallest absolute Gasteiger partial charge is 0.201 e. The van der Waals surface area contributed by atoms with Crippen LogP contribution in [0.15, 0.2) is 42.6 Å². The number of hydrogen-bond donors (Lipinski definition) is 0. The van der Waals surface area contributed by atoms with Gasteiger partial charge in [-0.15, -0.1) is 0 Å². The molecule has 1 aromatic heterocycles. The molecule has 0 fully saturated rings. The molecule has 24 heavy (non-hydrogen) atoms. The first kappa shape index (κ1) is 12.0. The molecule has 0 N–H and O–H groups in total. The molecule has 1 nitrogen and oxygen atoms in total. The molecule has 1 heterocycles. The summed E-state index contributed by atoms with van der Waals surface area (Å²) >= 11 is 0. The first-order valence-corrected chi connectivity index (χ1v) is 8.40. The zero-order valence-electron chi connectivity index (χ0n) is 17.7. The third-order valence-corrected chi connectivity index (χ3v) is 5.27. The Bertz CT molecular complexity index is 1080. The quantitative estimate of drug-likeness (QED) is 0.436. The molecule has 4 rings (SSSR count). The predicted octanol–water partition coefficient (Wildman–Crippen LogP) is 4.98. The lowest BCUT2D eigenvalue weighted by Crippen LogP contribution is -2.31. The molecule has 0 aliphatic heterocycles. The van der Waals surface area contributed by atoms with E-state index in [1.807, 2.05) is 24.6 Å². The van der Waals surface area contributed by atoms with Crippen LogP contribution >= 0.6 is 0 Å². The van der Waals surface area contributed by atoms with Crippen molar-refractivity contribution in [3.63, 3.8) is 0 Å². The SMILES string of the molecule is [2H]C([2H])([2H])c1c[n+](C)c(-c2ccc3c(c2C)Cc2cc(C)ccc2-3)cc1C. The summed E-state index contributed by atoms with van der Waals surface area (Å²) in [6, 6.07) is 13.1. The highest BCUT2D eigenvalue weighted by atomic mass is 14.9. The molecule has 0 spiro atoms. The molecule has 0 radical (unpaired) electrons. The van der Waals surface area contributed by atoms with Crippen molar-refractivity contribution in [2.24, 2.45) is 7.05 Å². The maximum atomic E-state index is 7.74. The van der Waals surface area contributed by atoms with Gasteiger partial charge in [0.2, 0.25) is 5.69 Å². The van der Waals surface area contributed by atoms with Crippen molar-refractivity contribution in [1.82, 2.24) is 0 Å². The first-order valence-electron chi connectivity index (χ1n) is 9.90. The van der Waals surface area contributed by atoms with Crippen molar-refractivity contribution in [3.8, 4) is 22.4 Å². The second kappa shape index (κ2) is 5.31. The molecule has 3 aromatic rings. The number of fused-ring (bicyclic) bond motifs is 3. The van der Waals surface area contributed by atoms with Gasteiger partial charge in [-0.25, -0.2) is 4.57 Å². The molecular weight excluding hydrogens is 290 g/mol. The molecule has 0 saturated heterocycles. The molecule has 1 aliphatic carbocycles. The largest absolute Gasteiger partial charge is 0.212 e. The van der Waals surface area contributed by atoms with Gasteiger partial charge >= 0.3 is 0 Å². The maximum absolute atomic E-state index is 7.74. The van der Waals surface area contributed by atoms with Gasteiger partial charge in [0, 0.05) is 21.3 Å². The van der Waals surface area contributed by atoms with E-state index in [0.29, 0.717) is 5.56 Å². The highest BCUT2D eigenvalue weighted by Crippen LogP contribution is 2.41. The van der Waals surface area contributed by atoms with Gasteiger partial charge in [0.15, 0.2) is 6.20 Å². The minimum Gasteiger partial charge on any atom is -0.201 e. The van der Waals surface area contributed by atoms with Crippen LogP contribution in [0.25, 0.3) is 22.4 Å². The number of nitrogens with zero attached hydrogens (tertiary/aromatic N) is 1. The van der Waals surface area contributed by atoms with Crippen molar-refractivity contribution >= 4 is 0 Å². The maximum Gasteiger partial charge on any atom is 0.212 e. The Balaban J connectivity index is 1.85. The Morgan fingerprint density at radius 2 is 1.67 bits per heavy atom. The Morgan fingerprint density at radius 3 is 2.46 bits per heavy atom. The zero-order valence-corrected chi connectivity index (χ0v) is 14.7. The molecule has 0 saturated carbocycles. The summed E-state index contributed by atoms with van der Waals surface area (Å²) in [5.74, 6) is 0. The lowest BCUT2D eigenvalue weighted by molar-refractivity contribution is -0.660. The van der Waals surface area contributed by atoms with Crippen LogP contribution in [0.1, 0.15) is 37.5 Å². The average molecular weight is 317 g/mol. The summed E-state index contributed by atoms with van der Waals surface area (Å²) in [6.07, 6.45) is 2.71. The molecule has 2 aromatic carbocycles. The molecule has 1 heteroatoms. The van der Waals surface area contributed by atoms with Gasteiger partial charge in [0.1, 0.15) is 7.05 Å². The van der Waals surface area contributed by atoms with Crippen molar-refractivity contribution in [1.29, 1.82) is 0 Å². The van der Waals surface area contributed by atoms with Crippen LogP contribution in [0, 0.1) is 27.6 Å². The van der Waals surface area contributed by atoms with Crippen LogP contribution in [0.4, 0.5) is 0 Å². The van der Waals surface area contributed by atoms with Gasteiger partial charge in [-0.3, -0.25) is 0 Å². The van der Waals surface area contributed by atoms with E-state index in [1.54, 1.807) is 6.20 Å². The van der Waals surface area contributed by atoms with Crippen molar-refractivity contribution in [3.05, 3.63) is 76.0 Å². The summed E-state index contributed by atoms with van der Waals surface area (Å²) < 4.78 is 25.2. The van der Waals surface area contributed by atoms with Gasteiger partial charge in [-0.05, 0) is 73.5 Å². The fourth-order valence-electron chi connectivity index (χ4n) is 3.85. The van der Waals surface area contributed by atoms with Gasteiger partial charge in [-0.2, -0.15) is 0 Å². The van der Waals surface area contributed by atoms with Crippen molar-refractivity contribution in [2.45, 2.75) is 34.0 Å². The van der Waals surface area contributed by atoms with E-state index < -0.39 is 6.85 Å². The zero-order chi connectivity index (χ0) is 19.5. The number of rotatable bonds is 1. The van der Waals surface area contributed by atoms with Crippen LogP contribution in [0.2, 0.25) is 0 Å². The Kier molecular flexibility index (Phi) is 2.66. The van der Waals surface area contributed by atoms with E-state index in [0.717, 1.165) is 17.7 Å². The topological polar surface area (TPSA) is 3.88 Å². The van der Waals surface area contributed by atoms with Crippen LogP contribution in [-0.4, -0.2) is 0 Å². The summed E-state index contributed by atoms with van der Waals surface area (Å²) in [6.45, 7) is 4.11. The fraction of sp³-hybridized carbons (Fsp3) is 0.261. The minimum atomic E-state index is -2.09. The van der Waals surface area contributed by atoms with E-state index in [-0.39, 0.29) is 0 Å². The monoisotopic (exact) mass is 317 g/mol. The van der Waals surface area contributed by atoms with Gasteiger partial charge in [0.25, 0.3) is 0 Å². The minimum absolute atomic E-state index is 0.412. The van der Waals surface area contributed by atoms with Gasteiger partial charge in [0.05, 0.1) is 0 Å². The normalized spacial score (nSPS) is 14.6.